The van der Waals surface area contributed by atoms with Crippen LogP contribution in [0.25, 0.3) is 0 Å². The summed E-state index contributed by atoms with van der Waals surface area (Å²) in [7, 11) is 3.94. The van der Waals surface area contributed by atoms with Gasteiger partial charge < -0.3 is 25.2 Å². The molecule has 1 saturated heterocycles. The van der Waals surface area contributed by atoms with E-state index < -0.39 is 0 Å². The molecule has 1 fully saturated rings. The molecule has 0 aromatic heterocycles. The summed E-state index contributed by atoms with van der Waals surface area (Å²) < 4.78 is 5.77. The molecule has 1 aliphatic heterocycles. The molecule has 0 aliphatic carbocycles. The van der Waals surface area contributed by atoms with Crippen molar-refractivity contribution in [1.82, 2.24) is 15.5 Å². The van der Waals surface area contributed by atoms with Gasteiger partial charge in [-0.25, -0.2) is 0 Å². The maximum atomic E-state index is 5.77. The largest absolute Gasteiger partial charge is 0.374 e. The number of ether oxygens (including phenoxy) is 1. The van der Waals surface area contributed by atoms with Crippen LogP contribution in [0.5, 0.6) is 0 Å². The number of benzene rings is 1. The van der Waals surface area contributed by atoms with Crippen LogP contribution in [0, 0.1) is 0 Å². The third-order valence-corrected chi connectivity index (χ3v) is 4.46. The van der Waals surface area contributed by atoms with Gasteiger partial charge in [-0.2, -0.15) is 0 Å². The highest BCUT2D eigenvalue weighted by Crippen LogP contribution is 2.12. The van der Waals surface area contributed by atoms with Crippen molar-refractivity contribution in [2.75, 3.05) is 64.9 Å². The Balaban J connectivity index is 1.65. The van der Waals surface area contributed by atoms with Crippen molar-refractivity contribution >= 4 is 11.6 Å². The van der Waals surface area contributed by atoms with E-state index in [0.717, 1.165) is 58.3 Å². The van der Waals surface area contributed by atoms with Crippen LogP contribution in [0.1, 0.15) is 13.3 Å². The normalized spacial score (nSPS) is 18.8. The maximum Gasteiger partial charge on any atom is 0.191 e. The first-order chi connectivity index (χ1) is 12.2. The number of rotatable bonds is 8. The monoisotopic (exact) mass is 347 g/mol. The fraction of sp³-hybridized carbons (Fsp3) is 0.632. The van der Waals surface area contributed by atoms with Crippen molar-refractivity contribution in [2.45, 2.75) is 19.4 Å². The quantitative estimate of drug-likeness (QED) is 0.423. The van der Waals surface area contributed by atoms with E-state index in [1.165, 1.54) is 5.69 Å². The number of guanidine groups is 1. The van der Waals surface area contributed by atoms with Crippen LogP contribution in [0.15, 0.2) is 35.3 Å². The van der Waals surface area contributed by atoms with Crippen molar-refractivity contribution < 1.29 is 4.74 Å². The van der Waals surface area contributed by atoms with Gasteiger partial charge in [0.25, 0.3) is 0 Å². The van der Waals surface area contributed by atoms with E-state index in [0.29, 0.717) is 0 Å². The Labute approximate surface area is 152 Å². The van der Waals surface area contributed by atoms with E-state index in [4.69, 9.17) is 4.74 Å². The van der Waals surface area contributed by atoms with Gasteiger partial charge >= 0.3 is 0 Å². The molecule has 1 aliphatic rings. The Hall–Kier alpha value is -1.79. The Kier molecular flexibility index (Phi) is 8.55. The molecule has 1 unspecified atom stereocenters. The molecule has 2 N–H and O–H groups in total. The molecule has 6 heteroatoms. The first-order valence-corrected chi connectivity index (χ1v) is 9.27. The van der Waals surface area contributed by atoms with Gasteiger partial charge in [0.2, 0.25) is 0 Å². The van der Waals surface area contributed by atoms with E-state index in [9.17, 15) is 0 Å². The number of likely N-dealkylation sites (N-methyl/N-ethyl adjacent to an activating group) is 1. The van der Waals surface area contributed by atoms with Crippen molar-refractivity contribution in [1.29, 1.82) is 0 Å². The van der Waals surface area contributed by atoms with Crippen LogP contribution in [0.4, 0.5) is 5.69 Å². The molecule has 0 radical (unpaired) electrons. The lowest BCUT2D eigenvalue weighted by Gasteiger charge is -2.30. The fourth-order valence-electron chi connectivity index (χ4n) is 3.01. The van der Waals surface area contributed by atoms with Gasteiger partial charge in [-0.1, -0.05) is 18.2 Å². The number of nitrogens with one attached hydrogen (secondary N) is 2. The number of aliphatic imine (C=N–C) groups is 1. The average Bonchev–Trinajstić information content (AvgIpc) is 2.65. The smallest absolute Gasteiger partial charge is 0.191 e. The van der Waals surface area contributed by atoms with Crippen molar-refractivity contribution in [2.24, 2.45) is 4.99 Å². The summed E-state index contributed by atoms with van der Waals surface area (Å²) in [6.07, 6.45) is 1.29. The molecule has 2 rings (SSSR count). The molecule has 140 valence electrons. The molecular weight excluding hydrogens is 314 g/mol. The lowest BCUT2D eigenvalue weighted by atomic mass is 10.2. The van der Waals surface area contributed by atoms with Crippen LogP contribution in [-0.4, -0.2) is 76.9 Å². The highest BCUT2D eigenvalue weighted by Gasteiger charge is 2.17. The van der Waals surface area contributed by atoms with Gasteiger partial charge in [-0.05, 0) is 32.5 Å². The van der Waals surface area contributed by atoms with Gasteiger partial charge in [-0.3, -0.25) is 4.99 Å². The van der Waals surface area contributed by atoms with E-state index in [-0.39, 0.29) is 6.10 Å². The Bertz CT molecular complexity index is 508. The van der Waals surface area contributed by atoms with Crippen LogP contribution < -0.4 is 15.5 Å². The summed E-state index contributed by atoms with van der Waals surface area (Å²) in [6, 6.07) is 10.6. The van der Waals surface area contributed by atoms with Gasteiger partial charge in [0.15, 0.2) is 5.96 Å². The molecule has 1 aromatic carbocycles. The summed E-state index contributed by atoms with van der Waals surface area (Å²) >= 11 is 0. The summed E-state index contributed by atoms with van der Waals surface area (Å²) in [5.74, 6) is 0.847. The third kappa shape index (κ3) is 6.92. The predicted octanol–water partition coefficient (Wildman–Crippen LogP) is 1.40. The second-order valence-corrected chi connectivity index (χ2v) is 6.40. The lowest BCUT2D eigenvalue weighted by molar-refractivity contribution is -0.0161. The Morgan fingerprint density at radius 2 is 2.12 bits per heavy atom. The van der Waals surface area contributed by atoms with Crippen LogP contribution >= 0.6 is 0 Å². The summed E-state index contributed by atoms with van der Waals surface area (Å²) in [5.41, 5.74) is 1.28. The molecule has 6 nitrogen and oxygen atoms in total. The van der Waals surface area contributed by atoms with Crippen molar-refractivity contribution in [3.8, 4) is 0 Å². The average molecular weight is 348 g/mol. The minimum atomic E-state index is 0.228. The van der Waals surface area contributed by atoms with Gasteiger partial charge in [0.1, 0.15) is 0 Å². The first kappa shape index (κ1) is 19.5. The summed E-state index contributed by atoms with van der Waals surface area (Å²) in [6.45, 7) is 8.71. The minimum Gasteiger partial charge on any atom is -0.374 e. The second-order valence-electron chi connectivity index (χ2n) is 6.40. The Morgan fingerprint density at radius 3 is 2.80 bits per heavy atom. The molecule has 1 atom stereocenters. The van der Waals surface area contributed by atoms with Crippen LogP contribution in [0.3, 0.4) is 0 Å². The highest BCUT2D eigenvalue weighted by molar-refractivity contribution is 5.79. The molecule has 0 spiro atoms. The zero-order valence-electron chi connectivity index (χ0n) is 15.9. The van der Waals surface area contributed by atoms with Crippen molar-refractivity contribution in [3.63, 3.8) is 0 Å². The summed E-state index contributed by atoms with van der Waals surface area (Å²) in [4.78, 5) is 8.99. The number of para-hydroxylation sites is 1. The molecule has 0 saturated carbocycles. The predicted molar refractivity (Wildman–Crippen MR) is 106 cm³/mol. The zero-order valence-corrected chi connectivity index (χ0v) is 15.9. The van der Waals surface area contributed by atoms with E-state index in [1.54, 1.807) is 0 Å². The SMILES string of the molecule is CCN(CCCNC(=NC)NCC1CN(C)CCO1)c1ccccc1. The van der Waals surface area contributed by atoms with E-state index >= 15 is 0 Å². The number of hydrogen-bond acceptors (Lipinski definition) is 4. The van der Waals surface area contributed by atoms with Gasteiger partial charge in [-0.15, -0.1) is 0 Å². The van der Waals surface area contributed by atoms with Gasteiger partial charge in [0, 0.05) is 52.0 Å². The fourth-order valence-corrected chi connectivity index (χ4v) is 3.01. The molecular formula is C19H33N5O. The van der Waals surface area contributed by atoms with Crippen molar-refractivity contribution in [3.05, 3.63) is 30.3 Å². The van der Waals surface area contributed by atoms with Crippen LogP contribution in [0.2, 0.25) is 0 Å². The topological polar surface area (TPSA) is 52.1 Å². The number of morpholine rings is 1. The third-order valence-electron chi connectivity index (χ3n) is 4.46. The standard InChI is InChI=1S/C19H33N5O/c1-4-24(17-9-6-5-7-10-17)12-8-11-21-19(20-2)22-15-18-16-23(3)13-14-25-18/h5-7,9-10,18H,4,8,11-16H2,1-3H3,(H2,20,21,22). The second kappa shape index (κ2) is 10.9. The Morgan fingerprint density at radius 1 is 1.32 bits per heavy atom. The molecule has 0 bridgehead atoms. The first-order valence-electron chi connectivity index (χ1n) is 9.27. The van der Waals surface area contributed by atoms with E-state index in [1.807, 2.05) is 7.05 Å². The minimum absolute atomic E-state index is 0.228. The number of anilines is 1. The molecule has 1 heterocycles. The van der Waals surface area contributed by atoms with E-state index in [2.05, 4.69) is 69.7 Å². The van der Waals surface area contributed by atoms with Gasteiger partial charge in [0.05, 0.1) is 12.7 Å². The highest BCUT2D eigenvalue weighted by atomic mass is 16.5. The molecule has 1 aromatic rings. The number of nitrogens with zero attached hydrogens (tertiary/aromatic N) is 3. The maximum absolute atomic E-state index is 5.77. The number of hydrogen-bond donors (Lipinski definition) is 2. The zero-order chi connectivity index (χ0) is 17.9. The lowest BCUT2D eigenvalue weighted by Crippen LogP contribution is -2.48. The molecule has 0 amide bonds. The molecule has 25 heavy (non-hydrogen) atoms. The van der Waals surface area contributed by atoms with Crippen LogP contribution in [-0.2, 0) is 4.74 Å². The summed E-state index contributed by atoms with van der Waals surface area (Å²) in [5, 5.41) is 6.76.